The summed E-state index contributed by atoms with van der Waals surface area (Å²) in [5, 5.41) is 4.38. The summed E-state index contributed by atoms with van der Waals surface area (Å²) in [6.07, 6.45) is 7.52. The molecule has 0 bridgehead atoms. The molecule has 11 rings (SSSR count). The minimum atomic E-state index is -3.57. The number of aryl methyl sites for hydroxylation is 3. The Morgan fingerprint density at radius 1 is 0.355 bits per heavy atom. The molecule has 0 aliphatic carbocycles. The molecule has 7 heteroatoms. The lowest BCUT2D eigenvalue weighted by Gasteiger charge is -2.44. The fourth-order valence-corrected chi connectivity index (χ4v) is 15.7. The van der Waals surface area contributed by atoms with E-state index in [2.05, 4.69) is 138 Å². The van der Waals surface area contributed by atoms with Crippen LogP contribution in [0.1, 0.15) is 16.7 Å². The summed E-state index contributed by atoms with van der Waals surface area (Å²) < 4.78 is 33.4. The topological polar surface area (TPSA) is 63.2 Å². The van der Waals surface area contributed by atoms with Crippen molar-refractivity contribution in [1.82, 2.24) is 9.97 Å². The van der Waals surface area contributed by atoms with E-state index in [1.54, 1.807) is 0 Å². The molecule has 62 heavy (non-hydrogen) atoms. The van der Waals surface area contributed by atoms with Gasteiger partial charge in [-0.25, -0.2) is 0 Å². The van der Waals surface area contributed by atoms with Crippen LogP contribution < -0.4 is 36.7 Å². The van der Waals surface area contributed by atoms with Crippen LogP contribution in [0.5, 0.6) is 0 Å². The summed E-state index contributed by atoms with van der Waals surface area (Å²) >= 11 is 0. The molecule has 0 fully saturated rings. The van der Waals surface area contributed by atoms with Gasteiger partial charge in [0.25, 0.3) is 0 Å². The highest BCUT2D eigenvalue weighted by Crippen LogP contribution is 2.61. The lowest BCUT2D eigenvalue weighted by atomic mass is 9.98. The first-order chi connectivity index (χ1) is 30.2. The molecule has 2 aliphatic rings. The van der Waals surface area contributed by atoms with Crippen LogP contribution in [0.25, 0.3) is 44.5 Å². The van der Waals surface area contributed by atoms with E-state index in [1.165, 1.54) is 0 Å². The highest BCUT2D eigenvalue weighted by Gasteiger charge is 2.50. The molecule has 2 atom stereocenters. The number of pyridine rings is 2. The zero-order valence-electron chi connectivity index (χ0n) is 34.5. The van der Waals surface area contributed by atoms with Crippen LogP contribution in [0.15, 0.2) is 195 Å². The molecule has 2 aromatic heterocycles. The predicted octanol–water partition coefficient (Wildman–Crippen LogP) is 11.4. The first kappa shape index (κ1) is 38.1. The first-order valence-corrected chi connectivity index (χ1v) is 24.2. The summed E-state index contributed by atoms with van der Waals surface area (Å²) in [4.78, 5) is 11.2. The van der Waals surface area contributed by atoms with E-state index < -0.39 is 14.3 Å². The molecule has 0 amide bonds. The third-order valence-corrected chi connectivity index (χ3v) is 18.4. The largest absolute Gasteiger partial charge is 0.308 e. The highest BCUT2D eigenvalue weighted by atomic mass is 31.2. The van der Waals surface area contributed by atoms with Gasteiger partial charge in [-0.2, -0.15) is 0 Å². The Hall–Kier alpha value is -6.90. The Bertz CT molecular complexity index is 3150. The smallest absolute Gasteiger partial charge is 0.175 e. The van der Waals surface area contributed by atoms with Gasteiger partial charge in [-0.05, 0) is 132 Å². The Morgan fingerprint density at radius 3 is 1.18 bits per heavy atom. The lowest BCUT2D eigenvalue weighted by molar-refractivity contribution is 0.592. The standard InChI is InChI=1S/C55H41N3O2P2/c1-36-26-53-55-54(27-36)62(60,48-18-8-5-9-19-48)52-31-44(40-13-11-15-42(29-40)46-25-38(3)33-57-35-46)21-23-50(52)58(55)49-22-20-43(30-51(49)61(53,59)47-16-6-4-7-17-47)39-12-10-14-41(28-39)45-24-37(2)32-56-34-45/h4-35H,1-3H3. The predicted molar refractivity (Wildman–Crippen MR) is 259 cm³/mol. The maximum absolute atomic E-state index is 16.7. The molecule has 4 heterocycles. The number of aromatic nitrogens is 2. The third kappa shape index (κ3) is 5.99. The van der Waals surface area contributed by atoms with Crippen molar-refractivity contribution < 1.29 is 9.13 Å². The summed E-state index contributed by atoms with van der Waals surface area (Å²) in [6, 6.07) is 57.8. The van der Waals surface area contributed by atoms with Gasteiger partial charge in [0.1, 0.15) is 0 Å². The van der Waals surface area contributed by atoms with Gasteiger partial charge in [0.05, 0.1) is 17.1 Å². The highest BCUT2D eigenvalue weighted by molar-refractivity contribution is 7.88. The second-order valence-electron chi connectivity index (χ2n) is 16.4. The molecule has 2 aliphatic heterocycles. The van der Waals surface area contributed by atoms with E-state index in [0.717, 1.165) is 99.5 Å². The zero-order chi connectivity index (χ0) is 42.2. The van der Waals surface area contributed by atoms with Gasteiger partial charge in [-0.1, -0.05) is 109 Å². The number of hydrogen-bond donors (Lipinski definition) is 0. The number of rotatable bonds is 6. The van der Waals surface area contributed by atoms with Crippen molar-refractivity contribution in [2.75, 3.05) is 4.90 Å². The molecule has 298 valence electrons. The van der Waals surface area contributed by atoms with Crippen LogP contribution in [0.2, 0.25) is 0 Å². The van der Waals surface area contributed by atoms with Gasteiger partial charge < -0.3 is 14.0 Å². The number of nitrogens with zero attached hydrogens (tertiary/aromatic N) is 3. The molecular weight excluding hydrogens is 797 g/mol. The number of benzene rings is 7. The molecule has 9 aromatic rings. The third-order valence-electron chi connectivity index (χ3n) is 12.3. The Balaban J connectivity index is 1.17. The van der Waals surface area contributed by atoms with Gasteiger partial charge >= 0.3 is 0 Å². The Morgan fingerprint density at radius 2 is 0.758 bits per heavy atom. The zero-order valence-corrected chi connectivity index (χ0v) is 36.3. The average molecular weight is 838 g/mol. The van der Waals surface area contributed by atoms with Crippen LogP contribution in [-0.2, 0) is 9.13 Å². The SMILES string of the molecule is Cc1cncc(-c2cccc(-c3ccc4c(c3)P(=O)(c3ccccc3)c3cc(C)cc5c3N4c3ccc(-c4cccc(-c6cncc(C)c6)c4)cc3P5(=O)c3ccccc3)c2)c1. The van der Waals surface area contributed by atoms with Crippen molar-refractivity contribution in [2.24, 2.45) is 0 Å². The van der Waals surface area contributed by atoms with Crippen LogP contribution in [-0.4, -0.2) is 9.97 Å². The van der Waals surface area contributed by atoms with E-state index in [1.807, 2.05) is 92.4 Å². The Kier molecular flexibility index (Phi) is 8.98. The van der Waals surface area contributed by atoms with Gasteiger partial charge in [0.2, 0.25) is 0 Å². The van der Waals surface area contributed by atoms with Crippen molar-refractivity contribution in [2.45, 2.75) is 20.8 Å². The summed E-state index contributed by atoms with van der Waals surface area (Å²) in [5.74, 6) is 0. The summed E-state index contributed by atoms with van der Waals surface area (Å²) in [6.45, 7) is 6.13. The van der Waals surface area contributed by atoms with Crippen LogP contribution in [0.4, 0.5) is 17.1 Å². The van der Waals surface area contributed by atoms with E-state index in [-0.39, 0.29) is 0 Å². The molecule has 0 radical (unpaired) electrons. The lowest BCUT2D eigenvalue weighted by Crippen LogP contribution is -2.46. The van der Waals surface area contributed by atoms with Crippen molar-refractivity contribution in [1.29, 1.82) is 0 Å². The minimum Gasteiger partial charge on any atom is -0.308 e. The summed E-state index contributed by atoms with van der Waals surface area (Å²) in [5.41, 5.74) is 13.7. The van der Waals surface area contributed by atoms with Crippen molar-refractivity contribution >= 4 is 63.2 Å². The fourth-order valence-electron chi connectivity index (χ4n) is 9.38. The van der Waals surface area contributed by atoms with Crippen molar-refractivity contribution in [3.63, 3.8) is 0 Å². The van der Waals surface area contributed by atoms with Crippen LogP contribution >= 0.6 is 14.3 Å². The van der Waals surface area contributed by atoms with Gasteiger partial charge in [0, 0.05) is 67.7 Å². The molecule has 0 saturated carbocycles. The minimum absolute atomic E-state index is 0.702. The van der Waals surface area contributed by atoms with E-state index >= 15 is 9.13 Å². The average Bonchev–Trinajstić information content (AvgIpc) is 3.32. The molecule has 0 saturated heterocycles. The van der Waals surface area contributed by atoms with Crippen molar-refractivity contribution in [3.05, 3.63) is 211 Å². The van der Waals surface area contributed by atoms with E-state index in [9.17, 15) is 0 Å². The second-order valence-corrected chi connectivity index (χ2v) is 21.8. The van der Waals surface area contributed by atoms with E-state index in [0.29, 0.717) is 10.6 Å². The quantitative estimate of drug-likeness (QED) is 0.156. The molecular formula is C55H41N3O2P2. The fraction of sp³-hybridized carbons (Fsp3) is 0.0545. The number of hydrogen-bond acceptors (Lipinski definition) is 5. The molecule has 5 nitrogen and oxygen atoms in total. The molecule has 7 aromatic carbocycles. The van der Waals surface area contributed by atoms with Crippen LogP contribution in [0.3, 0.4) is 0 Å². The monoisotopic (exact) mass is 837 g/mol. The second kappa shape index (κ2) is 14.6. The van der Waals surface area contributed by atoms with E-state index in [4.69, 9.17) is 0 Å². The molecule has 2 unspecified atom stereocenters. The maximum atomic E-state index is 16.7. The number of fused-ring (bicyclic) bond motifs is 4. The summed E-state index contributed by atoms with van der Waals surface area (Å²) in [7, 11) is -7.15. The maximum Gasteiger partial charge on any atom is 0.175 e. The van der Waals surface area contributed by atoms with Gasteiger partial charge in [0.15, 0.2) is 14.3 Å². The normalized spacial score (nSPS) is 17.2. The van der Waals surface area contributed by atoms with Gasteiger partial charge in [-0.15, -0.1) is 0 Å². The molecule has 0 spiro atoms. The Labute approximate surface area is 362 Å². The first-order valence-electron chi connectivity index (χ1n) is 20.8. The van der Waals surface area contributed by atoms with Crippen LogP contribution in [0, 0.1) is 20.8 Å². The number of anilines is 3. The van der Waals surface area contributed by atoms with Gasteiger partial charge in [-0.3, -0.25) is 9.97 Å². The van der Waals surface area contributed by atoms with Crippen molar-refractivity contribution in [3.8, 4) is 44.5 Å². The molecule has 0 N–H and O–H groups in total.